The van der Waals surface area contributed by atoms with Crippen molar-refractivity contribution in [1.29, 1.82) is 0 Å². The van der Waals surface area contributed by atoms with E-state index in [0.29, 0.717) is 21.8 Å². The Labute approximate surface area is 166 Å². The molecule has 140 valence electrons. The molecule has 2 heterocycles. The Hall–Kier alpha value is -3.12. The third-order valence-corrected chi connectivity index (χ3v) is 5.73. The van der Waals surface area contributed by atoms with Gasteiger partial charge >= 0.3 is 0 Å². The van der Waals surface area contributed by atoms with Crippen LogP contribution in [0.15, 0.2) is 70.7 Å². The van der Waals surface area contributed by atoms with Crippen LogP contribution in [-0.2, 0) is 0 Å². The Morgan fingerprint density at radius 3 is 2.68 bits per heavy atom. The van der Waals surface area contributed by atoms with Gasteiger partial charge in [0.25, 0.3) is 5.56 Å². The van der Waals surface area contributed by atoms with Crippen molar-refractivity contribution < 1.29 is 4.79 Å². The van der Waals surface area contributed by atoms with Crippen LogP contribution in [0, 0.1) is 13.8 Å². The number of nitrogens with zero attached hydrogens (tertiary/aromatic N) is 2. The van der Waals surface area contributed by atoms with E-state index in [4.69, 9.17) is 4.98 Å². The zero-order chi connectivity index (χ0) is 19.7. The number of aryl methyl sites for hydroxylation is 1. The first-order valence-electron chi connectivity index (χ1n) is 8.94. The molecule has 0 aliphatic heterocycles. The van der Waals surface area contributed by atoms with E-state index in [0.717, 1.165) is 16.8 Å². The molecule has 0 aliphatic rings. The average molecular weight is 389 g/mol. The summed E-state index contributed by atoms with van der Waals surface area (Å²) in [6, 6.07) is 16.7. The van der Waals surface area contributed by atoms with Gasteiger partial charge in [0.05, 0.1) is 28.0 Å². The molecular formula is C22H19N3O2S. The van der Waals surface area contributed by atoms with Crippen molar-refractivity contribution >= 4 is 28.4 Å². The summed E-state index contributed by atoms with van der Waals surface area (Å²) in [7, 11) is 0. The van der Waals surface area contributed by atoms with E-state index in [1.807, 2.05) is 50.2 Å². The monoisotopic (exact) mass is 389 g/mol. The fraction of sp³-hybridized carbons (Fsp3) is 0.136. The summed E-state index contributed by atoms with van der Waals surface area (Å²) in [5.41, 5.74) is 3.94. The zero-order valence-electron chi connectivity index (χ0n) is 15.6. The van der Waals surface area contributed by atoms with Crippen LogP contribution in [-0.4, -0.2) is 26.1 Å². The number of fused-ring (bicyclic) bond motifs is 1. The average Bonchev–Trinajstić information content (AvgIpc) is 3.24. The molecule has 5 nitrogen and oxygen atoms in total. The molecule has 2 aromatic carbocycles. The molecule has 0 fully saturated rings. The maximum atomic E-state index is 13.3. The largest absolute Gasteiger partial charge is 0.359 e. The summed E-state index contributed by atoms with van der Waals surface area (Å²) in [4.78, 5) is 33.4. The lowest BCUT2D eigenvalue weighted by molar-refractivity contribution is 0.101. The molecule has 0 saturated carbocycles. The topological polar surface area (TPSA) is 67.8 Å². The van der Waals surface area contributed by atoms with Gasteiger partial charge in [-0.1, -0.05) is 36.0 Å². The Morgan fingerprint density at radius 2 is 1.89 bits per heavy atom. The molecule has 0 spiro atoms. The Balaban J connectivity index is 1.85. The number of para-hydroxylation sites is 1. The third kappa shape index (κ3) is 3.27. The van der Waals surface area contributed by atoms with Crippen LogP contribution < -0.4 is 5.56 Å². The molecule has 0 radical (unpaired) electrons. The van der Waals surface area contributed by atoms with Gasteiger partial charge < -0.3 is 4.98 Å². The van der Waals surface area contributed by atoms with Crippen molar-refractivity contribution in [3.63, 3.8) is 0 Å². The first-order chi connectivity index (χ1) is 13.6. The van der Waals surface area contributed by atoms with Crippen LogP contribution in [0.4, 0.5) is 0 Å². The van der Waals surface area contributed by atoms with E-state index in [1.165, 1.54) is 11.8 Å². The van der Waals surface area contributed by atoms with Crippen molar-refractivity contribution in [2.45, 2.75) is 19.0 Å². The summed E-state index contributed by atoms with van der Waals surface area (Å²) >= 11 is 1.27. The molecule has 0 bridgehead atoms. The first kappa shape index (κ1) is 18.3. The number of carbonyl (C=O) groups is 1. The van der Waals surface area contributed by atoms with E-state index in [-0.39, 0.29) is 17.1 Å². The molecule has 0 aliphatic carbocycles. The quantitative estimate of drug-likeness (QED) is 0.314. The first-order valence-corrected chi connectivity index (χ1v) is 9.92. The number of nitrogens with one attached hydrogen (secondary N) is 1. The molecule has 0 atom stereocenters. The van der Waals surface area contributed by atoms with E-state index in [1.54, 1.807) is 29.0 Å². The van der Waals surface area contributed by atoms with Gasteiger partial charge in [-0.15, -0.1) is 0 Å². The standard InChI is InChI=1S/C22H19N3O2S/c1-14-7-5-11-19(15(14)2)25-21(27)16-8-3-4-9-17(16)24-22(25)28-13-20(26)18-10-6-12-23-18/h3-12,23H,13H2,1-2H3. The van der Waals surface area contributed by atoms with Gasteiger partial charge in [-0.3, -0.25) is 14.2 Å². The van der Waals surface area contributed by atoms with Gasteiger partial charge in [-0.25, -0.2) is 4.98 Å². The summed E-state index contributed by atoms with van der Waals surface area (Å²) in [6.45, 7) is 4.00. The maximum absolute atomic E-state index is 13.3. The van der Waals surface area contributed by atoms with E-state index in [2.05, 4.69) is 4.98 Å². The zero-order valence-corrected chi connectivity index (χ0v) is 16.4. The number of thioether (sulfide) groups is 1. The molecule has 0 amide bonds. The van der Waals surface area contributed by atoms with Gasteiger partial charge in [0.2, 0.25) is 0 Å². The SMILES string of the molecule is Cc1cccc(-n2c(SCC(=O)c3ccc[nH]3)nc3ccccc3c2=O)c1C. The molecule has 4 aromatic rings. The van der Waals surface area contributed by atoms with Gasteiger partial charge in [-0.2, -0.15) is 0 Å². The molecule has 0 unspecified atom stereocenters. The molecule has 2 aromatic heterocycles. The highest BCUT2D eigenvalue weighted by Gasteiger charge is 2.17. The Kier molecular flexibility index (Phi) is 4.88. The molecule has 28 heavy (non-hydrogen) atoms. The number of aromatic amines is 1. The van der Waals surface area contributed by atoms with Crippen LogP contribution in [0.2, 0.25) is 0 Å². The van der Waals surface area contributed by atoms with Gasteiger partial charge in [-0.05, 0) is 55.3 Å². The summed E-state index contributed by atoms with van der Waals surface area (Å²) < 4.78 is 1.62. The summed E-state index contributed by atoms with van der Waals surface area (Å²) in [5.74, 6) is 0.154. The number of Topliss-reactive ketones (excluding diaryl/α,β-unsaturated/α-hetero) is 1. The number of hydrogen-bond donors (Lipinski definition) is 1. The summed E-state index contributed by atoms with van der Waals surface area (Å²) in [5, 5.41) is 1.07. The number of aromatic nitrogens is 3. The van der Waals surface area contributed by atoms with Crippen molar-refractivity contribution in [3.8, 4) is 5.69 Å². The molecule has 4 rings (SSSR count). The predicted molar refractivity (Wildman–Crippen MR) is 113 cm³/mol. The van der Waals surface area contributed by atoms with E-state index >= 15 is 0 Å². The Morgan fingerprint density at radius 1 is 1.07 bits per heavy atom. The van der Waals surface area contributed by atoms with Crippen LogP contribution >= 0.6 is 11.8 Å². The van der Waals surface area contributed by atoms with E-state index in [9.17, 15) is 9.59 Å². The lowest BCUT2D eigenvalue weighted by atomic mass is 10.1. The fourth-order valence-electron chi connectivity index (χ4n) is 3.11. The van der Waals surface area contributed by atoms with Crippen LogP contribution in [0.3, 0.4) is 0 Å². The maximum Gasteiger partial charge on any atom is 0.266 e. The minimum absolute atomic E-state index is 0.0371. The molecular weight excluding hydrogens is 370 g/mol. The van der Waals surface area contributed by atoms with Crippen LogP contribution in [0.5, 0.6) is 0 Å². The third-order valence-electron chi connectivity index (χ3n) is 4.79. The highest BCUT2D eigenvalue weighted by molar-refractivity contribution is 7.99. The Bertz CT molecular complexity index is 1230. The van der Waals surface area contributed by atoms with Gasteiger partial charge in [0, 0.05) is 6.20 Å². The molecule has 0 saturated heterocycles. The van der Waals surface area contributed by atoms with Gasteiger partial charge in [0.15, 0.2) is 10.9 Å². The lowest BCUT2D eigenvalue weighted by Gasteiger charge is -2.16. The van der Waals surface area contributed by atoms with E-state index < -0.39 is 0 Å². The molecule has 1 N–H and O–H groups in total. The highest BCUT2D eigenvalue weighted by Crippen LogP contribution is 2.25. The number of carbonyl (C=O) groups excluding carboxylic acids is 1. The minimum Gasteiger partial charge on any atom is -0.359 e. The van der Waals surface area contributed by atoms with Crippen molar-refractivity contribution in [2.24, 2.45) is 0 Å². The van der Waals surface area contributed by atoms with Crippen molar-refractivity contribution in [2.75, 3.05) is 5.75 Å². The normalized spacial score (nSPS) is 11.1. The highest BCUT2D eigenvalue weighted by atomic mass is 32.2. The lowest BCUT2D eigenvalue weighted by Crippen LogP contribution is -2.23. The number of rotatable bonds is 5. The minimum atomic E-state index is -0.130. The second kappa shape index (κ2) is 7.48. The number of benzene rings is 2. The second-order valence-corrected chi connectivity index (χ2v) is 7.51. The van der Waals surface area contributed by atoms with Gasteiger partial charge in [0.1, 0.15) is 0 Å². The van der Waals surface area contributed by atoms with Crippen molar-refractivity contribution in [1.82, 2.24) is 14.5 Å². The number of ketones is 1. The molecule has 6 heteroatoms. The van der Waals surface area contributed by atoms with Crippen LogP contribution in [0.25, 0.3) is 16.6 Å². The smallest absolute Gasteiger partial charge is 0.266 e. The number of hydrogen-bond acceptors (Lipinski definition) is 4. The van der Waals surface area contributed by atoms with Crippen molar-refractivity contribution in [3.05, 3.63) is 88.0 Å². The van der Waals surface area contributed by atoms with Crippen LogP contribution in [0.1, 0.15) is 21.6 Å². The number of H-pyrrole nitrogens is 1. The second-order valence-electron chi connectivity index (χ2n) is 6.57. The predicted octanol–water partition coefficient (Wildman–Crippen LogP) is 4.31. The fourth-order valence-corrected chi connectivity index (χ4v) is 4.00. The summed E-state index contributed by atoms with van der Waals surface area (Å²) in [6.07, 6.45) is 1.72.